The van der Waals surface area contributed by atoms with E-state index >= 15 is 0 Å². The van der Waals surface area contributed by atoms with E-state index < -0.39 is 0 Å². The van der Waals surface area contributed by atoms with Crippen LogP contribution in [0.4, 0.5) is 11.5 Å². The van der Waals surface area contributed by atoms with Crippen LogP contribution in [-0.2, 0) is 0 Å². The van der Waals surface area contributed by atoms with Gasteiger partial charge in [0.2, 0.25) is 0 Å². The van der Waals surface area contributed by atoms with Crippen LogP contribution >= 0.6 is 0 Å². The quantitative estimate of drug-likeness (QED) is 0.771. The molecule has 1 aliphatic heterocycles. The number of nitrogens with zero attached hydrogens (tertiary/aromatic N) is 2. The fourth-order valence-corrected chi connectivity index (χ4v) is 3.31. The van der Waals surface area contributed by atoms with Crippen molar-refractivity contribution in [3.05, 3.63) is 54.1 Å². The molecule has 5 nitrogen and oxygen atoms in total. The molecule has 24 heavy (non-hydrogen) atoms. The largest absolute Gasteiger partial charge is 0.371 e. The second-order valence-electron chi connectivity index (χ2n) is 6.14. The lowest BCUT2D eigenvalue weighted by Gasteiger charge is -2.30. The molecule has 1 aliphatic rings. The minimum atomic E-state index is -0.117. The number of fused-ring (bicyclic) bond motifs is 1. The van der Waals surface area contributed by atoms with Gasteiger partial charge in [0.15, 0.2) is 5.82 Å². The van der Waals surface area contributed by atoms with Crippen molar-refractivity contribution in [2.75, 3.05) is 23.3 Å². The highest BCUT2D eigenvalue weighted by atomic mass is 16.1. The number of anilines is 2. The third-order valence-corrected chi connectivity index (χ3v) is 4.55. The van der Waals surface area contributed by atoms with Crippen molar-refractivity contribution in [1.29, 1.82) is 0 Å². The SMILES string of the molecule is O=C(Nc1n[nH]c2ccccc12)c1ccccc1N1CCCCC1. The average Bonchev–Trinajstić information content (AvgIpc) is 3.05. The van der Waals surface area contributed by atoms with Gasteiger partial charge in [-0.3, -0.25) is 9.89 Å². The van der Waals surface area contributed by atoms with Gasteiger partial charge < -0.3 is 10.2 Å². The predicted molar refractivity (Wildman–Crippen MR) is 96.6 cm³/mol. The first-order chi connectivity index (χ1) is 11.8. The molecular weight excluding hydrogens is 300 g/mol. The topological polar surface area (TPSA) is 61.0 Å². The normalized spacial score (nSPS) is 14.8. The van der Waals surface area contributed by atoms with Crippen molar-refractivity contribution >= 4 is 28.3 Å². The molecule has 1 saturated heterocycles. The summed E-state index contributed by atoms with van der Waals surface area (Å²) in [5, 5.41) is 11.1. The van der Waals surface area contributed by atoms with Gasteiger partial charge in [-0.1, -0.05) is 24.3 Å². The maximum atomic E-state index is 12.8. The molecule has 2 heterocycles. The molecule has 0 aliphatic carbocycles. The van der Waals surface area contributed by atoms with Crippen LogP contribution in [0.25, 0.3) is 10.9 Å². The number of aromatic nitrogens is 2. The van der Waals surface area contributed by atoms with E-state index in [1.807, 2.05) is 48.5 Å². The van der Waals surface area contributed by atoms with Crippen molar-refractivity contribution in [1.82, 2.24) is 10.2 Å². The molecule has 3 aromatic rings. The van der Waals surface area contributed by atoms with E-state index in [2.05, 4.69) is 20.4 Å². The lowest BCUT2D eigenvalue weighted by molar-refractivity contribution is 0.102. The highest BCUT2D eigenvalue weighted by molar-refractivity contribution is 6.10. The van der Waals surface area contributed by atoms with Crippen molar-refractivity contribution in [2.24, 2.45) is 0 Å². The Balaban J connectivity index is 1.63. The molecule has 4 rings (SSSR count). The van der Waals surface area contributed by atoms with E-state index in [0.29, 0.717) is 11.4 Å². The van der Waals surface area contributed by atoms with Gasteiger partial charge in [0, 0.05) is 24.2 Å². The Kier molecular flexibility index (Phi) is 3.91. The number of hydrogen-bond acceptors (Lipinski definition) is 3. The van der Waals surface area contributed by atoms with Gasteiger partial charge in [-0.05, 0) is 43.5 Å². The van der Waals surface area contributed by atoms with Crippen LogP contribution in [0, 0.1) is 0 Å². The molecule has 0 bridgehead atoms. The minimum Gasteiger partial charge on any atom is -0.371 e. The summed E-state index contributed by atoms with van der Waals surface area (Å²) in [6.45, 7) is 2.02. The van der Waals surface area contributed by atoms with Crippen molar-refractivity contribution in [3.63, 3.8) is 0 Å². The van der Waals surface area contributed by atoms with Crippen LogP contribution in [0.15, 0.2) is 48.5 Å². The molecule has 0 atom stereocenters. The van der Waals surface area contributed by atoms with E-state index in [4.69, 9.17) is 0 Å². The average molecular weight is 320 g/mol. The third kappa shape index (κ3) is 2.73. The summed E-state index contributed by atoms with van der Waals surface area (Å²) in [4.78, 5) is 15.1. The molecule has 1 fully saturated rings. The summed E-state index contributed by atoms with van der Waals surface area (Å²) in [5.41, 5.74) is 2.62. The molecule has 1 aromatic heterocycles. The van der Waals surface area contributed by atoms with E-state index in [1.165, 1.54) is 19.3 Å². The van der Waals surface area contributed by atoms with Gasteiger partial charge in [0.25, 0.3) is 5.91 Å². The van der Waals surface area contributed by atoms with Gasteiger partial charge >= 0.3 is 0 Å². The summed E-state index contributed by atoms with van der Waals surface area (Å²) >= 11 is 0. The zero-order valence-corrected chi connectivity index (χ0v) is 13.5. The Morgan fingerprint density at radius 1 is 1.00 bits per heavy atom. The van der Waals surface area contributed by atoms with Crippen LogP contribution in [0.1, 0.15) is 29.6 Å². The molecule has 0 radical (unpaired) electrons. The maximum absolute atomic E-state index is 12.8. The molecule has 0 saturated carbocycles. The number of carbonyl (C=O) groups excluding carboxylic acids is 1. The number of rotatable bonds is 3. The summed E-state index contributed by atoms with van der Waals surface area (Å²) in [7, 11) is 0. The number of hydrogen-bond donors (Lipinski definition) is 2. The summed E-state index contributed by atoms with van der Waals surface area (Å²) in [6, 6.07) is 15.6. The standard InChI is InChI=1S/C19H20N4O/c24-19(20-18-14-8-2-4-10-16(14)21-22-18)15-9-3-5-11-17(15)23-12-6-1-7-13-23/h2-5,8-11H,1,6-7,12-13H2,(H2,20,21,22,24). The first-order valence-corrected chi connectivity index (χ1v) is 8.41. The third-order valence-electron chi connectivity index (χ3n) is 4.55. The minimum absolute atomic E-state index is 0.117. The zero-order valence-electron chi connectivity index (χ0n) is 13.5. The Hall–Kier alpha value is -2.82. The molecule has 0 unspecified atom stereocenters. The van der Waals surface area contributed by atoms with Crippen LogP contribution < -0.4 is 10.2 Å². The van der Waals surface area contributed by atoms with Crippen LogP contribution in [0.3, 0.4) is 0 Å². The number of benzene rings is 2. The fraction of sp³-hybridized carbons (Fsp3) is 0.263. The molecule has 2 aromatic carbocycles. The number of para-hydroxylation sites is 2. The van der Waals surface area contributed by atoms with Gasteiger partial charge in [0.1, 0.15) is 0 Å². The summed E-state index contributed by atoms with van der Waals surface area (Å²) < 4.78 is 0. The molecule has 0 spiro atoms. The summed E-state index contributed by atoms with van der Waals surface area (Å²) in [6.07, 6.45) is 3.63. The van der Waals surface area contributed by atoms with Crippen molar-refractivity contribution in [3.8, 4) is 0 Å². The molecule has 122 valence electrons. The molecule has 1 amide bonds. The second-order valence-corrected chi connectivity index (χ2v) is 6.14. The number of piperidine rings is 1. The van der Waals surface area contributed by atoms with Crippen molar-refractivity contribution in [2.45, 2.75) is 19.3 Å². The number of H-pyrrole nitrogens is 1. The maximum Gasteiger partial charge on any atom is 0.258 e. The monoisotopic (exact) mass is 320 g/mol. The van der Waals surface area contributed by atoms with Crippen LogP contribution in [-0.4, -0.2) is 29.2 Å². The van der Waals surface area contributed by atoms with Gasteiger partial charge in [-0.15, -0.1) is 0 Å². The first-order valence-electron chi connectivity index (χ1n) is 8.41. The zero-order chi connectivity index (χ0) is 16.4. The molecule has 2 N–H and O–H groups in total. The van der Waals surface area contributed by atoms with Crippen LogP contribution in [0.2, 0.25) is 0 Å². The van der Waals surface area contributed by atoms with Crippen molar-refractivity contribution < 1.29 is 4.79 Å². The van der Waals surface area contributed by atoms with E-state index in [0.717, 1.165) is 29.7 Å². The second kappa shape index (κ2) is 6.35. The lowest BCUT2D eigenvalue weighted by Crippen LogP contribution is -2.31. The highest BCUT2D eigenvalue weighted by Gasteiger charge is 2.19. The number of aromatic amines is 1. The van der Waals surface area contributed by atoms with E-state index in [9.17, 15) is 4.79 Å². The molecular formula is C19H20N4O. The van der Waals surface area contributed by atoms with E-state index in [1.54, 1.807) is 0 Å². The summed E-state index contributed by atoms with van der Waals surface area (Å²) in [5.74, 6) is 0.456. The molecule has 5 heteroatoms. The Bertz CT molecular complexity index is 864. The Morgan fingerprint density at radius 2 is 1.75 bits per heavy atom. The Morgan fingerprint density at radius 3 is 2.62 bits per heavy atom. The van der Waals surface area contributed by atoms with Crippen LogP contribution in [0.5, 0.6) is 0 Å². The lowest BCUT2D eigenvalue weighted by atomic mass is 10.1. The first kappa shape index (κ1) is 14.8. The van der Waals surface area contributed by atoms with Gasteiger partial charge in [0.05, 0.1) is 11.1 Å². The Labute approximate surface area is 140 Å². The number of nitrogens with one attached hydrogen (secondary N) is 2. The number of amides is 1. The number of carbonyl (C=O) groups is 1. The smallest absolute Gasteiger partial charge is 0.258 e. The predicted octanol–water partition coefficient (Wildman–Crippen LogP) is 3.81. The highest BCUT2D eigenvalue weighted by Crippen LogP contribution is 2.26. The van der Waals surface area contributed by atoms with E-state index in [-0.39, 0.29) is 5.91 Å². The fourth-order valence-electron chi connectivity index (χ4n) is 3.31. The van der Waals surface area contributed by atoms with Gasteiger partial charge in [-0.2, -0.15) is 5.10 Å². The van der Waals surface area contributed by atoms with Gasteiger partial charge in [-0.25, -0.2) is 0 Å².